The van der Waals surface area contributed by atoms with Gasteiger partial charge in [0.05, 0.1) is 6.61 Å². The van der Waals surface area contributed by atoms with E-state index in [1.807, 2.05) is 17.8 Å². The standard InChI is InChI=1S/C37H68N2O2S/c1-3-4-5-6-7-8-9-10-11-12-13-14-15-16-17-18-19-20-21-22-23-24-25-26-27-28-29-30-34-41-36(40)31-35-42-37-38-32-33-39(37)2/h31-33,35H,3-30,34H2,1-2H3. The lowest BCUT2D eigenvalue weighted by atomic mass is 10.0. The predicted octanol–water partition coefficient (Wildman–Crippen LogP) is 12.5. The van der Waals surface area contributed by atoms with E-state index in [1.165, 1.54) is 185 Å². The Labute approximate surface area is 265 Å². The first kappa shape index (κ1) is 38.8. The highest BCUT2D eigenvalue weighted by Crippen LogP contribution is 2.17. The summed E-state index contributed by atoms with van der Waals surface area (Å²) in [6.45, 7) is 2.82. The minimum absolute atomic E-state index is 0.262. The van der Waals surface area contributed by atoms with Crippen LogP contribution < -0.4 is 0 Å². The SMILES string of the molecule is CCCCCCCCCCCCCCCCCCCCCCCCCCCCCCOC(=O)C=CSc1nccn1C. The van der Waals surface area contributed by atoms with Gasteiger partial charge in [0, 0.05) is 25.5 Å². The van der Waals surface area contributed by atoms with Gasteiger partial charge in [0.15, 0.2) is 5.16 Å². The number of carbonyl (C=O) groups excluding carboxylic acids is 1. The molecule has 244 valence electrons. The number of carbonyl (C=O) groups is 1. The number of imidazole rings is 1. The van der Waals surface area contributed by atoms with Crippen LogP contribution in [0, 0.1) is 0 Å². The zero-order chi connectivity index (χ0) is 30.2. The highest BCUT2D eigenvalue weighted by atomic mass is 32.2. The average molecular weight is 605 g/mol. The summed E-state index contributed by atoms with van der Waals surface area (Å²) in [7, 11) is 1.94. The highest BCUT2D eigenvalue weighted by molar-refractivity contribution is 8.02. The van der Waals surface area contributed by atoms with Crippen LogP contribution in [0.1, 0.15) is 187 Å². The number of ether oxygens (including phenoxy) is 1. The molecule has 0 aliphatic rings. The molecule has 0 bridgehead atoms. The van der Waals surface area contributed by atoms with Crippen molar-refractivity contribution in [2.75, 3.05) is 6.61 Å². The van der Waals surface area contributed by atoms with Gasteiger partial charge in [-0.3, -0.25) is 0 Å². The Morgan fingerprint density at radius 1 is 0.643 bits per heavy atom. The van der Waals surface area contributed by atoms with E-state index in [2.05, 4.69) is 11.9 Å². The third-order valence-corrected chi connectivity index (χ3v) is 9.27. The molecule has 0 amide bonds. The third kappa shape index (κ3) is 26.4. The van der Waals surface area contributed by atoms with Gasteiger partial charge in [0.2, 0.25) is 0 Å². The van der Waals surface area contributed by atoms with Crippen molar-refractivity contribution in [1.29, 1.82) is 0 Å². The van der Waals surface area contributed by atoms with E-state index in [4.69, 9.17) is 4.74 Å². The predicted molar refractivity (Wildman–Crippen MR) is 184 cm³/mol. The van der Waals surface area contributed by atoms with Gasteiger partial charge in [0.1, 0.15) is 0 Å². The van der Waals surface area contributed by atoms with Crippen LogP contribution in [0.25, 0.3) is 0 Å². The van der Waals surface area contributed by atoms with Gasteiger partial charge in [-0.05, 0) is 11.8 Å². The lowest BCUT2D eigenvalue weighted by Gasteiger charge is -2.05. The summed E-state index contributed by atoms with van der Waals surface area (Å²) in [6.07, 6.45) is 44.5. The molecule has 0 radical (unpaired) electrons. The minimum Gasteiger partial charge on any atom is -0.463 e. The Morgan fingerprint density at radius 2 is 1.00 bits per heavy atom. The van der Waals surface area contributed by atoms with Crippen molar-refractivity contribution in [1.82, 2.24) is 9.55 Å². The fraction of sp³-hybridized carbons (Fsp3) is 0.838. The number of hydrogen-bond donors (Lipinski definition) is 0. The first-order chi connectivity index (χ1) is 20.7. The maximum atomic E-state index is 11.8. The van der Waals surface area contributed by atoms with Crippen LogP contribution in [0.4, 0.5) is 0 Å². The van der Waals surface area contributed by atoms with E-state index in [1.54, 1.807) is 11.6 Å². The van der Waals surface area contributed by atoms with E-state index < -0.39 is 0 Å². The topological polar surface area (TPSA) is 44.1 Å². The molecular weight excluding hydrogens is 536 g/mol. The Morgan fingerprint density at radius 3 is 1.33 bits per heavy atom. The minimum atomic E-state index is -0.262. The molecule has 4 nitrogen and oxygen atoms in total. The molecular formula is C37H68N2O2S. The smallest absolute Gasteiger partial charge is 0.331 e. The summed E-state index contributed by atoms with van der Waals surface area (Å²) in [6, 6.07) is 0. The molecule has 1 heterocycles. The molecule has 1 rings (SSSR count). The van der Waals surface area contributed by atoms with E-state index in [0.29, 0.717) is 6.61 Å². The summed E-state index contributed by atoms with van der Waals surface area (Å²) in [5.74, 6) is -0.262. The molecule has 0 aromatic carbocycles. The summed E-state index contributed by atoms with van der Waals surface area (Å²) < 4.78 is 7.20. The van der Waals surface area contributed by atoms with Gasteiger partial charge in [-0.2, -0.15) is 0 Å². The molecule has 0 aliphatic carbocycles. The van der Waals surface area contributed by atoms with Crippen molar-refractivity contribution >= 4 is 17.7 Å². The molecule has 0 atom stereocenters. The van der Waals surface area contributed by atoms with Crippen molar-refractivity contribution in [3.63, 3.8) is 0 Å². The lowest BCUT2D eigenvalue weighted by molar-refractivity contribution is -0.137. The molecule has 1 aromatic heterocycles. The number of unbranched alkanes of at least 4 members (excludes halogenated alkanes) is 27. The van der Waals surface area contributed by atoms with E-state index in [0.717, 1.165) is 18.0 Å². The molecule has 0 fully saturated rings. The van der Waals surface area contributed by atoms with Gasteiger partial charge in [-0.15, -0.1) is 0 Å². The second-order valence-corrected chi connectivity index (χ2v) is 13.3. The second kappa shape index (κ2) is 31.2. The Balaban J connectivity index is 1.67. The Hall–Kier alpha value is -1.23. The molecule has 0 aliphatic heterocycles. The van der Waals surface area contributed by atoms with Crippen LogP contribution in [0.15, 0.2) is 29.0 Å². The number of aryl methyl sites for hydroxylation is 1. The lowest BCUT2D eigenvalue weighted by Crippen LogP contribution is -2.02. The quantitative estimate of drug-likeness (QED) is 0.0355. The zero-order valence-corrected chi connectivity index (χ0v) is 28.8. The van der Waals surface area contributed by atoms with Gasteiger partial charge >= 0.3 is 5.97 Å². The summed E-state index contributed by atoms with van der Waals surface area (Å²) in [5.41, 5.74) is 0. The van der Waals surface area contributed by atoms with Crippen molar-refractivity contribution in [2.45, 2.75) is 192 Å². The van der Waals surface area contributed by atoms with Gasteiger partial charge in [0.25, 0.3) is 0 Å². The van der Waals surface area contributed by atoms with Crippen LogP contribution >= 0.6 is 11.8 Å². The maximum Gasteiger partial charge on any atom is 0.331 e. The number of thioether (sulfide) groups is 1. The van der Waals surface area contributed by atoms with Crippen LogP contribution in [0.3, 0.4) is 0 Å². The number of nitrogens with zero attached hydrogens (tertiary/aromatic N) is 2. The number of aromatic nitrogens is 2. The molecule has 0 unspecified atom stereocenters. The van der Waals surface area contributed by atoms with Gasteiger partial charge in [-0.1, -0.05) is 192 Å². The molecule has 42 heavy (non-hydrogen) atoms. The maximum absolute atomic E-state index is 11.8. The Bertz CT molecular complexity index is 733. The zero-order valence-electron chi connectivity index (χ0n) is 27.9. The number of rotatable bonds is 32. The van der Waals surface area contributed by atoms with Gasteiger partial charge in [-0.25, -0.2) is 9.78 Å². The van der Waals surface area contributed by atoms with E-state index in [9.17, 15) is 4.79 Å². The molecule has 0 spiro atoms. The largest absolute Gasteiger partial charge is 0.463 e. The first-order valence-corrected chi connectivity index (χ1v) is 19.1. The van der Waals surface area contributed by atoms with Crippen molar-refractivity contribution in [2.24, 2.45) is 7.05 Å². The van der Waals surface area contributed by atoms with Crippen LogP contribution in [0.5, 0.6) is 0 Å². The van der Waals surface area contributed by atoms with E-state index >= 15 is 0 Å². The van der Waals surface area contributed by atoms with Crippen LogP contribution in [0.2, 0.25) is 0 Å². The molecule has 5 heteroatoms. The summed E-state index contributed by atoms with van der Waals surface area (Å²) >= 11 is 1.42. The second-order valence-electron chi connectivity index (χ2n) is 12.5. The molecule has 1 aromatic rings. The first-order valence-electron chi connectivity index (χ1n) is 18.2. The van der Waals surface area contributed by atoms with Crippen LogP contribution in [-0.4, -0.2) is 22.1 Å². The normalized spacial score (nSPS) is 11.6. The Kier molecular flexibility index (Phi) is 28.8. The van der Waals surface area contributed by atoms with E-state index in [-0.39, 0.29) is 5.97 Å². The summed E-state index contributed by atoms with van der Waals surface area (Å²) in [4.78, 5) is 16.0. The van der Waals surface area contributed by atoms with Crippen molar-refractivity contribution in [3.8, 4) is 0 Å². The molecule has 0 saturated heterocycles. The highest BCUT2D eigenvalue weighted by Gasteiger charge is 2.00. The number of hydrogen-bond acceptors (Lipinski definition) is 4. The third-order valence-electron chi connectivity index (χ3n) is 8.40. The fourth-order valence-corrected chi connectivity index (χ4v) is 6.26. The average Bonchev–Trinajstić information content (AvgIpc) is 3.40. The summed E-state index contributed by atoms with van der Waals surface area (Å²) in [5, 5.41) is 2.60. The van der Waals surface area contributed by atoms with Crippen LogP contribution in [-0.2, 0) is 16.6 Å². The van der Waals surface area contributed by atoms with Crippen molar-refractivity contribution in [3.05, 3.63) is 23.9 Å². The molecule has 0 saturated carbocycles. The molecule has 0 N–H and O–H groups in total. The monoisotopic (exact) mass is 605 g/mol. The van der Waals surface area contributed by atoms with Gasteiger partial charge < -0.3 is 9.30 Å². The fourth-order valence-electron chi connectivity index (χ4n) is 5.61. The number of esters is 1. The van der Waals surface area contributed by atoms with Crippen molar-refractivity contribution < 1.29 is 9.53 Å².